The molecule has 1 atom stereocenters. The molecule has 2 heteroatoms. The molecule has 2 rings (SSSR count). The number of methoxy groups -OCH3 is 1. The van der Waals surface area contributed by atoms with E-state index in [1.165, 1.54) is 16.7 Å². The first-order valence-electron chi connectivity index (χ1n) is 5.82. The number of aliphatic hydroxyl groups excluding tert-OH is 1. The van der Waals surface area contributed by atoms with E-state index in [0.717, 1.165) is 12.8 Å². The van der Waals surface area contributed by atoms with Gasteiger partial charge in [-0.1, -0.05) is 32.0 Å². The SMILES string of the molecule is COCc1ccc2c(c1)CC(O)CC2(C)C. The van der Waals surface area contributed by atoms with Gasteiger partial charge in [0.1, 0.15) is 0 Å². The van der Waals surface area contributed by atoms with Gasteiger partial charge in [0.25, 0.3) is 0 Å². The Morgan fingerprint density at radius 3 is 2.88 bits per heavy atom. The maximum atomic E-state index is 9.88. The zero-order chi connectivity index (χ0) is 11.8. The zero-order valence-corrected chi connectivity index (χ0v) is 10.3. The summed E-state index contributed by atoms with van der Waals surface area (Å²) in [4.78, 5) is 0. The van der Waals surface area contributed by atoms with Crippen LogP contribution in [-0.2, 0) is 23.2 Å². The average molecular weight is 220 g/mol. The highest BCUT2D eigenvalue weighted by Crippen LogP contribution is 2.37. The molecular formula is C14H20O2. The smallest absolute Gasteiger partial charge is 0.0713 e. The number of ether oxygens (including phenoxy) is 1. The van der Waals surface area contributed by atoms with Gasteiger partial charge in [-0.2, -0.15) is 0 Å². The Bertz CT molecular complexity index is 382. The molecule has 0 heterocycles. The van der Waals surface area contributed by atoms with Crippen molar-refractivity contribution in [3.05, 3.63) is 34.9 Å². The summed E-state index contributed by atoms with van der Waals surface area (Å²) in [7, 11) is 1.71. The van der Waals surface area contributed by atoms with Crippen LogP contribution in [0.4, 0.5) is 0 Å². The minimum atomic E-state index is -0.208. The molecule has 0 saturated carbocycles. The van der Waals surface area contributed by atoms with E-state index >= 15 is 0 Å². The van der Waals surface area contributed by atoms with Crippen LogP contribution in [0.2, 0.25) is 0 Å². The molecule has 88 valence electrons. The maximum absolute atomic E-state index is 9.88. The van der Waals surface area contributed by atoms with Crippen molar-refractivity contribution in [2.75, 3.05) is 7.11 Å². The van der Waals surface area contributed by atoms with Gasteiger partial charge in [-0.25, -0.2) is 0 Å². The topological polar surface area (TPSA) is 29.5 Å². The first-order valence-corrected chi connectivity index (χ1v) is 5.82. The third-order valence-electron chi connectivity index (χ3n) is 3.41. The highest BCUT2D eigenvalue weighted by Gasteiger charge is 2.31. The van der Waals surface area contributed by atoms with Crippen molar-refractivity contribution in [1.82, 2.24) is 0 Å². The molecule has 0 aromatic heterocycles. The summed E-state index contributed by atoms with van der Waals surface area (Å²) in [5.74, 6) is 0. The lowest BCUT2D eigenvalue weighted by Crippen LogP contribution is -2.32. The lowest BCUT2D eigenvalue weighted by molar-refractivity contribution is 0.127. The minimum absolute atomic E-state index is 0.0819. The fourth-order valence-corrected chi connectivity index (χ4v) is 2.76. The molecular weight excluding hydrogens is 200 g/mol. The summed E-state index contributed by atoms with van der Waals surface area (Å²) in [5.41, 5.74) is 3.92. The number of fused-ring (bicyclic) bond motifs is 1. The second kappa shape index (κ2) is 4.19. The molecule has 0 amide bonds. The van der Waals surface area contributed by atoms with Gasteiger partial charge < -0.3 is 9.84 Å². The van der Waals surface area contributed by atoms with E-state index < -0.39 is 0 Å². The van der Waals surface area contributed by atoms with Crippen LogP contribution >= 0.6 is 0 Å². The van der Waals surface area contributed by atoms with Gasteiger partial charge in [0, 0.05) is 7.11 Å². The van der Waals surface area contributed by atoms with Crippen LogP contribution in [0.5, 0.6) is 0 Å². The molecule has 0 fully saturated rings. The summed E-state index contributed by atoms with van der Waals surface area (Å²) in [6.45, 7) is 5.04. The molecule has 1 unspecified atom stereocenters. The number of hydrogen-bond acceptors (Lipinski definition) is 2. The molecule has 1 aromatic carbocycles. The summed E-state index contributed by atoms with van der Waals surface area (Å²) in [6.07, 6.45) is 1.42. The Hall–Kier alpha value is -0.860. The predicted molar refractivity (Wildman–Crippen MR) is 64.5 cm³/mol. The lowest BCUT2D eigenvalue weighted by atomic mass is 9.71. The van der Waals surface area contributed by atoms with Crippen molar-refractivity contribution in [1.29, 1.82) is 0 Å². The highest BCUT2D eigenvalue weighted by atomic mass is 16.5. The third kappa shape index (κ3) is 2.13. The molecule has 16 heavy (non-hydrogen) atoms. The van der Waals surface area contributed by atoms with E-state index in [1.807, 2.05) is 0 Å². The zero-order valence-electron chi connectivity index (χ0n) is 10.3. The van der Waals surface area contributed by atoms with Crippen LogP contribution in [0.25, 0.3) is 0 Å². The molecule has 2 nitrogen and oxygen atoms in total. The van der Waals surface area contributed by atoms with E-state index in [-0.39, 0.29) is 11.5 Å². The Balaban J connectivity index is 2.39. The van der Waals surface area contributed by atoms with Crippen molar-refractivity contribution in [3.63, 3.8) is 0 Å². The van der Waals surface area contributed by atoms with Crippen LogP contribution in [0, 0.1) is 0 Å². The number of benzene rings is 1. The largest absolute Gasteiger partial charge is 0.393 e. The van der Waals surface area contributed by atoms with Gasteiger partial charge in [0.05, 0.1) is 12.7 Å². The van der Waals surface area contributed by atoms with E-state index in [9.17, 15) is 5.11 Å². The maximum Gasteiger partial charge on any atom is 0.0713 e. The third-order valence-corrected chi connectivity index (χ3v) is 3.41. The van der Waals surface area contributed by atoms with Crippen LogP contribution < -0.4 is 0 Å². The number of aliphatic hydroxyl groups is 1. The van der Waals surface area contributed by atoms with E-state index in [2.05, 4.69) is 32.0 Å². The number of hydrogen-bond donors (Lipinski definition) is 1. The standard InChI is InChI=1S/C14H20O2/c1-14(2)8-12(15)7-11-6-10(9-16-3)4-5-13(11)14/h4-6,12,15H,7-9H2,1-3H3. The number of rotatable bonds is 2. The summed E-state index contributed by atoms with van der Waals surface area (Å²) in [6, 6.07) is 6.49. The Morgan fingerprint density at radius 1 is 1.44 bits per heavy atom. The first-order chi connectivity index (χ1) is 7.53. The minimum Gasteiger partial charge on any atom is -0.393 e. The van der Waals surface area contributed by atoms with Crippen LogP contribution in [-0.4, -0.2) is 18.3 Å². The molecule has 0 radical (unpaired) electrons. The lowest BCUT2D eigenvalue weighted by Gasteiger charge is -2.35. The molecule has 1 N–H and O–H groups in total. The van der Waals surface area contributed by atoms with Crippen molar-refractivity contribution in [3.8, 4) is 0 Å². The quantitative estimate of drug-likeness (QED) is 0.829. The molecule has 1 aromatic rings. The van der Waals surface area contributed by atoms with Crippen LogP contribution in [0.1, 0.15) is 37.0 Å². The molecule has 0 bridgehead atoms. The molecule has 0 aliphatic heterocycles. The van der Waals surface area contributed by atoms with Gasteiger partial charge >= 0.3 is 0 Å². The predicted octanol–water partition coefficient (Wildman–Crippen LogP) is 2.42. The second-order valence-electron chi connectivity index (χ2n) is 5.37. The van der Waals surface area contributed by atoms with Crippen molar-refractivity contribution in [2.24, 2.45) is 0 Å². The van der Waals surface area contributed by atoms with Gasteiger partial charge in [-0.05, 0) is 34.9 Å². The molecule has 1 aliphatic carbocycles. The van der Waals surface area contributed by atoms with Crippen molar-refractivity contribution < 1.29 is 9.84 Å². The summed E-state index contributed by atoms with van der Waals surface area (Å²) < 4.78 is 5.14. The van der Waals surface area contributed by atoms with Crippen LogP contribution in [0.3, 0.4) is 0 Å². The molecule has 1 aliphatic rings. The van der Waals surface area contributed by atoms with Gasteiger partial charge in [0.2, 0.25) is 0 Å². The van der Waals surface area contributed by atoms with Gasteiger partial charge in [0.15, 0.2) is 0 Å². The van der Waals surface area contributed by atoms with E-state index in [4.69, 9.17) is 4.74 Å². The normalized spacial score (nSPS) is 22.9. The summed E-state index contributed by atoms with van der Waals surface area (Å²) >= 11 is 0. The van der Waals surface area contributed by atoms with E-state index in [0.29, 0.717) is 6.61 Å². The Kier molecular flexibility index (Phi) is 3.04. The highest BCUT2D eigenvalue weighted by molar-refractivity contribution is 5.39. The Labute approximate surface area is 97.3 Å². The first kappa shape index (κ1) is 11.6. The monoisotopic (exact) mass is 220 g/mol. The molecule has 0 spiro atoms. The van der Waals surface area contributed by atoms with Gasteiger partial charge in [-0.15, -0.1) is 0 Å². The Morgan fingerprint density at radius 2 is 2.19 bits per heavy atom. The van der Waals surface area contributed by atoms with E-state index in [1.54, 1.807) is 7.11 Å². The fourth-order valence-electron chi connectivity index (χ4n) is 2.76. The van der Waals surface area contributed by atoms with Crippen molar-refractivity contribution in [2.45, 2.75) is 44.8 Å². The molecule has 0 saturated heterocycles. The average Bonchev–Trinajstić information content (AvgIpc) is 2.15. The van der Waals surface area contributed by atoms with Crippen LogP contribution in [0.15, 0.2) is 18.2 Å². The fraction of sp³-hybridized carbons (Fsp3) is 0.571. The second-order valence-corrected chi connectivity index (χ2v) is 5.37. The van der Waals surface area contributed by atoms with Gasteiger partial charge in [-0.3, -0.25) is 0 Å². The van der Waals surface area contributed by atoms with Crippen molar-refractivity contribution >= 4 is 0 Å². The summed E-state index contributed by atoms with van der Waals surface area (Å²) in [5, 5.41) is 9.88.